The Hall–Kier alpha value is -3.40. The van der Waals surface area contributed by atoms with Crippen LogP contribution in [0.2, 0.25) is 5.02 Å². The maximum atomic E-state index is 11.0. The van der Waals surface area contributed by atoms with Crippen LogP contribution < -0.4 is 10.1 Å². The fraction of sp³-hybridized carbons (Fsp3) is 0.208. The second kappa shape index (κ2) is 10.7. The van der Waals surface area contributed by atoms with Gasteiger partial charge >= 0.3 is 0 Å². The lowest BCUT2D eigenvalue weighted by Crippen LogP contribution is -2.19. The van der Waals surface area contributed by atoms with Crippen LogP contribution in [0.4, 0.5) is 17.3 Å². The lowest BCUT2D eigenvalue weighted by atomic mass is 10.1. The van der Waals surface area contributed by atoms with Gasteiger partial charge in [-0.15, -0.1) is 16.2 Å². The molecule has 4 rings (SSSR count). The maximum absolute atomic E-state index is 11.0. The zero-order chi connectivity index (χ0) is 24.1. The van der Waals surface area contributed by atoms with Crippen molar-refractivity contribution in [2.45, 2.75) is 6.92 Å². The second-order valence-corrected chi connectivity index (χ2v) is 9.35. The van der Waals surface area contributed by atoms with Crippen molar-refractivity contribution >= 4 is 40.3 Å². The number of likely N-dealkylation sites (N-methyl/N-ethyl adjacent to an activating group) is 1. The first kappa shape index (κ1) is 23.7. The Labute approximate surface area is 206 Å². The molecule has 10 heteroatoms. The van der Waals surface area contributed by atoms with Crippen molar-refractivity contribution in [2.24, 2.45) is 5.18 Å². The van der Waals surface area contributed by atoms with Crippen molar-refractivity contribution < 1.29 is 4.74 Å². The zero-order valence-electron chi connectivity index (χ0n) is 18.9. The molecule has 0 radical (unpaired) electrons. The molecule has 0 fully saturated rings. The minimum atomic E-state index is 0.352. The summed E-state index contributed by atoms with van der Waals surface area (Å²) in [4.78, 5) is 27.6. The molecule has 174 valence electrons. The summed E-state index contributed by atoms with van der Waals surface area (Å²) in [7, 11) is 3.98. The summed E-state index contributed by atoms with van der Waals surface area (Å²) in [5, 5.41) is 7.62. The topological polar surface area (TPSA) is 92.6 Å². The van der Waals surface area contributed by atoms with Crippen LogP contribution >= 0.6 is 22.9 Å². The first-order chi connectivity index (χ1) is 16.4. The molecule has 0 spiro atoms. The smallest absolute Gasteiger partial charge is 0.227 e. The largest absolute Gasteiger partial charge is 0.491 e. The molecule has 2 aromatic carbocycles. The molecule has 1 N–H and O–H groups in total. The molecule has 0 aliphatic carbocycles. The van der Waals surface area contributed by atoms with Gasteiger partial charge in [0, 0.05) is 24.0 Å². The van der Waals surface area contributed by atoms with Gasteiger partial charge in [0.2, 0.25) is 5.95 Å². The predicted octanol–water partition coefficient (Wildman–Crippen LogP) is 6.31. The Morgan fingerprint density at radius 2 is 2.00 bits per heavy atom. The van der Waals surface area contributed by atoms with Crippen LogP contribution in [0.15, 0.2) is 59.9 Å². The van der Waals surface area contributed by atoms with E-state index in [2.05, 4.69) is 25.4 Å². The third kappa shape index (κ3) is 5.74. The van der Waals surface area contributed by atoms with Crippen molar-refractivity contribution in [2.75, 3.05) is 32.6 Å². The normalized spacial score (nSPS) is 11.0. The molecule has 0 saturated heterocycles. The van der Waals surface area contributed by atoms with Crippen molar-refractivity contribution in [3.63, 3.8) is 0 Å². The minimum Gasteiger partial charge on any atom is -0.491 e. The van der Waals surface area contributed by atoms with Gasteiger partial charge in [0.15, 0.2) is 0 Å². The van der Waals surface area contributed by atoms with E-state index in [0.717, 1.165) is 39.1 Å². The number of aromatic nitrogens is 3. The van der Waals surface area contributed by atoms with Crippen molar-refractivity contribution in [3.05, 3.63) is 69.7 Å². The van der Waals surface area contributed by atoms with Gasteiger partial charge in [-0.2, -0.15) is 0 Å². The van der Waals surface area contributed by atoms with E-state index in [1.165, 1.54) is 11.3 Å². The van der Waals surface area contributed by atoms with E-state index in [1.54, 1.807) is 30.5 Å². The summed E-state index contributed by atoms with van der Waals surface area (Å²) in [6, 6.07) is 14.4. The molecular formula is C24H23ClN6O2S. The Morgan fingerprint density at radius 1 is 1.15 bits per heavy atom. The number of nitrogens with one attached hydrogen (secondary N) is 1. The first-order valence-corrected chi connectivity index (χ1v) is 11.7. The van der Waals surface area contributed by atoms with Crippen LogP contribution in [-0.2, 0) is 0 Å². The van der Waals surface area contributed by atoms with E-state index in [1.807, 2.05) is 50.2 Å². The number of anilines is 2. The number of ether oxygens (including phenoxy) is 1. The standard InChI is InChI=1S/C24H23ClN6O2S/c1-15-27-22(16-5-4-6-18(13-16)30-32)23(34-15)20-9-10-26-24(29-20)28-17-7-8-21(19(25)14-17)33-12-11-31(2)3/h4-10,13-14H,11-12H2,1-3H3,(H,26,28,29). The molecule has 2 heterocycles. The monoisotopic (exact) mass is 494 g/mol. The highest BCUT2D eigenvalue weighted by Crippen LogP contribution is 2.37. The molecule has 0 aliphatic heterocycles. The SMILES string of the molecule is Cc1nc(-c2cccc(N=O)c2)c(-c2ccnc(Nc3ccc(OCCN(C)C)c(Cl)c3)n2)s1. The molecule has 0 bridgehead atoms. The third-order valence-corrected chi connectivity index (χ3v) is 6.12. The summed E-state index contributed by atoms with van der Waals surface area (Å²) >= 11 is 7.92. The van der Waals surface area contributed by atoms with Crippen LogP contribution in [0, 0.1) is 11.8 Å². The second-order valence-electron chi connectivity index (χ2n) is 7.74. The average Bonchev–Trinajstić information content (AvgIpc) is 3.22. The highest BCUT2D eigenvalue weighted by atomic mass is 35.5. The fourth-order valence-corrected chi connectivity index (χ4v) is 4.36. The minimum absolute atomic E-state index is 0.352. The van der Waals surface area contributed by atoms with Crippen LogP contribution in [0.25, 0.3) is 21.8 Å². The number of nitrogens with zero attached hydrogens (tertiary/aromatic N) is 5. The molecule has 0 atom stereocenters. The fourth-order valence-electron chi connectivity index (χ4n) is 3.21. The molecule has 0 saturated carbocycles. The van der Waals surface area contributed by atoms with Gasteiger partial charge < -0.3 is 15.0 Å². The summed E-state index contributed by atoms with van der Waals surface area (Å²) < 4.78 is 5.74. The number of thiazole rings is 1. The number of rotatable bonds is 9. The van der Waals surface area contributed by atoms with E-state index in [9.17, 15) is 4.91 Å². The van der Waals surface area contributed by atoms with Gasteiger partial charge in [-0.05, 0) is 62.6 Å². The van der Waals surface area contributed by atoms with Gasteiger partial charge in [-0.25, -0.2) is 15.0 Å². The summed E-state index contributed by atoms with van der Waals surface area (Å²) in [6.07, 6.45) is 1.69. The lowest BCUT2D eigenvalue weighted by molar-refractivity contribution is 0.261. The van der Waals surface area contributed by atoms with Crippen LogP contribution in [0.1, 0.15) is 5.01 Å². The van der Waals surface area contributed by atoms with E-state index in [-0.39, 0.29) is 0 Å². The van der Waals surface area contributed by atoms with Crippen LogP contribution in [-0.4, -0.2) is 47.1 Å². The molecule has 8 nitrogen and oxygen atoms in total. The Kier molecular flexibility index (Phi) is 7.46. The summed E-state index contributed by atoms with van der Waals surface area (Å²) in [6.45, 7) is 3.28. The van der Waals surface area contributed by atoms with E-state index in [4.69, 9.17) is 16.3 Å². The molecule has 34 heavy (non-hydrogen) atoms. The van der Waals surface area contributed by atoms with Gasteiger partial charge in [-0.1, -0.05) is 23.7 Å². The number of benzene rings is 2. The Bertz CT molecular complexity index is 1310. The third-order valence-electron chi connectivity index (χ3n) is 4.83. The number of halogens is 1. The predicted molar refractivity (Wildman–Crippen MR) is 138 cm³/mol. The molecule has 0 aliphatic rings. The zero-order valence-corrected chi connectivity index (χ0v) is 20.5. The molecule has 2 aromatic heterocycles. The highest BCUT2D eigenvalue weighted by molar-refractivity contribution is 7.15. The van der Waals surface area contributed by atoms with Crippen molar-refractivity contribution in [1.82, 2.24) is 19.9 Å². The maximum Gasteiger partial charge on any atom is 0.227 e. The van der Waals surface area contributed by atoms with Gasteiger partial charge in [0.25, 0.3) is 0 Å². The highest BCUT2D eigenvalue weighted by Gasteiger charge is 2.16. The average molecular weight is 495 g/mol. The number of hydrogen-bond donors (Lipinski definition) is 1. The van der Waals surface area contributed by atoms with Crippen molar-refractivity contribution in [1.29, 1.82) is 0 Å². The lowest BCUT2D eigenvalue weighted by Gasteiger charge is -2.13. The number of nitroso groups, excluding NO2 is 1. The van der Waals surface area contributed by atoms with Gasteiger partial charge in [0.1, 0.15) is 18.0 Å². The Morgan fingerprint density at radius 3 is 2.76 bits per heavy atom. The van der Waals surface area contributed by atoms with E-state index >= 15 is 0 Å². The van der Waals surface area contributed by atoms with Crippen molar-refractivity contribution in [3.8, 4) is 27.6 Å². The number of aryl methyl sites for hydroxylation is 1. The van der Waals surface area contributed by atoms with Crippen LogP contribution in [0.5, 0.6) is 5.75 Å². The van der Waals surface area contributed by atoms with Gasteiger partial charge in [0.05, 0.1) is 26.3 Å². The van der Waals surface area contributed by atoms with Crippen LogP contribution in [0.3, 0.4) is 0 Å². The summed E-state index contributed by atoms with van der Waals surface area (Å²) in [5.41, 5.74) is 3.37. The van der Waals surface area contributed by atoms with Gasteiger partial charge in [-0.3, -0.25) is 0 Å². The number of hydrogen-bond acceptors (Lipinski definition) is 9. The molecule has 0 unspecified atom stereocenters. The molecule has 4 aromatic rings. The van der Waals surface area contributed by atoms with E-state index in [0.29, 0.717) is 29.0 Å². The first-order valence-electron chi connectivity index (χ1n) is 10.5. The summed E-state index contributed by atoms with van der Waals surface area (Å²) in [5.74, 6) is 1.05. The van der Waals surface area contributed by atoms with E-state index < -0.39 is 0 Å². The quantitative estimate of drug-likeness (QED) is 0.272. The Balaban J connectivity index is 1.57. The molecular weight excluding hydrogens is 472 g/mol. The molecule has 0 amide bonds.